The van der Waals surface area contributed by atoms with Crippen LogP contribution >= 0.6 is 0 Å². The van der Waals surface area contributed by atoms with Gasteiger partial charge >= 0.3 is 0 Å². The molecular weight excluding hydrogens is 186 g/mol. The van der Waals surface area contributed by atoms with E-state index in [4.69, 9.17) is 10.5 Å². The Hall–Kier alpha value is -1.38. The zero-order valence-corrected chi connectivity index (χ0v) is 8.65. The number of ether oxygens (including phenoxy) is 1. The Bertz CT molecular complexity index is 434. The van der Waals surface area contributed by atoms with Gasteiger partial charge in [-0.3, -0.25) is 0 Å². The van der Waals surface area contributed by atoms with Crippen molar-refractivity contribution in [1.29, 1.82) is 0 Å². The highest BCUT2D eigenvalue weighted by atomic mass is 16.5. The molecule has 0 heterocycles. The predicted molar refractivity (Wildman–Crippen MR) is 62.7 cm³/mol. The largest absolute Gasteiger partial charge is 0.375 e. The van der Waals surface area contributed by atoms with Crippen molar-refractivity contribution in [2.45, 2.75) is 6.61 Å². The van der Waals surface area contributed by atoms with Crippen LogP contribution in [-0.2, 0) is 11.3 Å². The Morgan fingerprint density at radius 1 is 1.00 bits per heavy atom. The number of nitrogens with two attached hydrogens (primary N) is 1. The Morgan fingerprint density at radius 3 is 2.67 bits per heavy atom. The number of rotatable bonds is 4. The van der Waals surface area contributed by atoms with E-state index in [0.717, 1.165) is 0 Å². The standard InChI is InChI=1S/C13H15NO/c14-8-9-15-10-12-6-3-5-11-4-1-2-7-13(11)12/h1-7H,8-10,14H2. The van der Waals surface area contributed by atoms with Crippen LogP contribution in [0.15, 0.2) is 42.5 Å². The first-order valence-corrected chi connectivity index (χ1v) is 5.16. The highest BCUT2D eigenvalue weighted by Crippen LogP contribution is 2.18. The van der Waals surface area contributed by atoms with E-state index < -0.39 is 0 Å². The first-order chi connectivity index (χ1) is 7.42. The average molecular weight is 201 g/mol. The molecule has 0 unspecified atom stereocenters. The molecule has 78 valence electrons. The summed E-state index contributed by atoms with van der Waals surface area (Å²) in [6, 6.07) is 14.6. The molecule has 0 aromatic heterocycles. The number of hydrogen-bond acceptors (Lipinski definition) is 2. The fourth-order valence-electron chi connectivity index (χ4n) is 1.68. The van der Waals surface area contributed by atoms with Gasteiger partial charge in [-0.25, -0.2) is 0 Å². The third kappa shape index (κ3) is 2.35. The molecule has 0 bridgehead atoms. The van der Waals surface area contributed by atoms with Crippen LogP contribution in [0.3, 0.4) is 0 Å². The molecule has 0 aliphatic heterocycles. The Balaban J connectivity index is 2.26. The molecule has 0 atom stereocenters. The lowest BCUT2D eigenvalue weighted by molar-refractivity contribution is 0.129. The van der Waals surface area contributed by atoms with Gasteiger partial charge in [-0.05, 0) is 16.3 Å². The molecular formula is C13H15NO. The fraction of sp³-hybridized carbons (Fsp3) is 0.231. The second kappa shape index (κ2) is 4.91. The van der Waals surface area contributed by atoms with Gasteiger partial charge in [0.15, 0.2) is 0 Å². The first-order valence-electron chi connectivity index (χ1n) is 5.16. The second-order valence-electron chi connectivity index (χ2n) is 3.48. The molecule has 2 aromatic carbocycles. The molecule has 15 heavy (non-hydrogen) atoms. The van der Waals surface area contributed by atoms with Crippen molar-refractivity contribution in [3.63, 3.8) is 0 Å². The second-order valence-corrected chi connectivity index (χ2v) is 3.48. The van der Waals surface area contributed by atoms with Crippen molar-refractivity contribution in [3.05, 3.63) is 48.0 Å². The molecule has 0 fully saturated rings. The summed E-state index contributed by atoms with van der Waals surface area (Å²) in [5.74, 6) is 0. The summed E-state index contributed by atoms with van der Waals surface area (Å²) in [4.78, 5) is 0. The van der Waals surface area contributed by atoms with Crippen LogP contribution in [0.4, 0.5) is 0 Å². The zero-order valence-electron chi connectivity index (χ0n) is 8.65. The van der Waals surface area contributed by atoms with E-state index in [1.54, 1.807) is 0 Å². The maximum atomic E-state index is 5.45. The summed E-state index contributed by atoms with van der Waals surface area (Å²) < 4.78 is 5.45. The summed E-state index contributed by atoms with van der Waals surface area (Å²) in [5, 5.41) is 2.52. The van der Waals surface area contributed by atoms with Gasteiger partial charge in [-0.15, -0.1) is 0 Å². The van der Waals surface area contributed by atoms with Crippen LogP contribution in [-0.4, -0.2) is 13.2 Å². The van der Waals surface area contributed by atoms with Crippen LogP contribution in [0.2, 0.25) is 0 Å². The molecule has 0 saturated heterocycles. The Labute approximate surface area is 89.7 Å². The minimum absolute atomic E-state index is 0.574. The minimum atomic E-state index is 0.574. The van der Waals surface area contributed by atoms with Crippen LogP contribution in [0.5, 0.6) is 0 Å². The number of benzene rings is 2. The highest BCUT2D eigenvalue weighted by Gasteiger charge is 1.99. The molecule has 0 spiro atoms. The van der Waals surface area contributed by atoms with Crippen molar-refractivity contribution in [2.24, 2.45) is 5.73 Å². The monoisotopic (exact) mass is 201 g/mol. The molecule has 2 rings (SSSR count). The third-order valence-corrected chi connectivity index (χ3v) is 2.40. The van der Waals surface area contributed by atoms with Gasteiger partial charge < -0.3 is 10.5 Å². The van der Waals surface area contributed by atoms with Gasteiger partial charge in [0.2, 0.25) is 0 Å². The molecule has 0 radical (unpaired) electrons. The predicted octanol–water partition coefficient (Wildman–Crippen LogP) is 2.32. The molecule has 2 nitrogen and oxygen atoms in total. The molecule has 0 aliphatic rings. The van der Waals surface area contributed by atoms with E-state index in [2.05, 4.69) is 36.4 Å². The lowest BCUT2D eigenvalue weighted by Gasteiger charge is -2.06. The van der Waals surface area contributed by atoms with E-state index in [1.807, 2.05) is 6.07 Å². The molecule has 2 heteroatoms. The van der Waals surface area contributed by atoms with Crippen LogP contribution < -0.4 is 5.73 Å². The third-order valence-electron chi connectivity index (χ3n) is 2.40. The van der Waals surface area contributed by atoms with E-state index >= 15 is 0 Å². The van der Waals surface area contributed by atoms with Crippen molar-refractivity contribution in [3.8, 4) is 0 Å². The average Bonchev–Trinajstić information content (AvgIpc) is 2.30. The van der Waals surface area contributed by atoms with Crippen molar-refractivity contribution < 1.29 is 4.74 Å². The van der Waals surface area contributed by atoms with Gasteiger partial charge in [0.1, 0.15) is 0 Å². The SMILES string of the molecule is NCCOCc1cccc2ccccc12. The number of hydrogen-bond donors (Lipinski definition) is 1. The lowest BCUT2D eigenvalue weighted by atomic mass is 10.1. The molecule has 0 amide bonds. The van der Waals surface area contributed by atoms with Crippen molar-refractivity contribution in [1.82, 2.24) is 0 Å². The minimum Gasteiger partial charge on any atom is -0.375 e. The van der Waals surface area contributed by atoms with Gasteiger partial charge in [-0.1, -0.05) is 42.5 Å². The highest BCUT2D eigenvalue weighted by molar-refractivity contribution is 5.85. The van der Waals surface area contributed by atoms with Gasteiger partial charge in [-0.2, -0.15) is 0 Å². The maximum Gasteiger partial charge on any atom is 0.0723 e. The summed E-state index contributed by atoms with van der Waals surface area (Å²) >= 11 is 0. The van der Waals surface area contributed by atoms with Crippen molar-refractivity contribution >= 4 is 10.8 Å². The summed E-state index contributed by atoms with van der Waals surface area (Å²) in [5.41, 5.74) is 6.60. The Kier molecular flexibility index (Phi) is 3.33. The van der Waals surface area contributed by atoms with E-state index in [-0.39, 0.29) is 0 Å². The quantitative estimate of drug-likeness (QED) is 0.770. The van der Waals surface area contributed by atoms with E-state index in [9.17, 15) is 0 Å². The fourth-order valence-corrected chi connectivity index (χ4v) is 1.68. The van der Waals surface area contributed by atoms with Crippen LogP contribution in [0, 0.1) is 0 Å². The smallest absolute Gasteiger partial charge is 0.0723 e. The molecule has 0 saturated carbocycles. The van der Waals surface area contributed by atoms with Gasteiger partial charge in [0.05, 0.1) is 13.2 Å². The Morgan fingerprint density at radius 2 is 1.80 bits per heavy atom. The molecule has 2 aromatic rings. The van der Waals surface area contributed by atoms with Gasteiger partial charge in [0, 0.05) is 6.54 Å². The van der Waals surface area contributed by atoms with E-state index in [0.29, 0.717) is 19.8 Å². The maximum absolute atomic E-state index is 5.45. The molecule has 2 N–H and O–H groups in total. The normalized spacial score (nSPS) is 10.7. The first kappa shape index (κ1) is 10.1. The number of fused-ring (bicyclic) bond motifs is 1. The van der Waals surface area contributed by atoms with E-state index in [1.165, 1.54) is 16.3 Å². The topological polar surface area (TPSA) is 35.2 Å². The van der Waals surface area contributed by atoms with Crippen LogP contribution in [0.1, 0.15) is 5.56 Å². The van der Waals surface area contributed by atoms with Crippen molar-refractivity contribution in [2.75, 3.05) is 13.2 Å². The van der Waals surface area contributed by atoms with Gasteiger partial charge in [0.25, 0.3) is 0 Å². The zero-order chi connectivity index (χ0) is 10.5. The summed E-state index contributed by atoms with van der Waals surface area (Å²) in [6.07, 6.45) is 0. The summed E-state index contributed by atoms with van der Waals surface area (Å²) in [7, 11) is 0. The molecule has 0 aliphatic carbocycles. The van der Waals surface area contributed by atoms with Crippen LogP contribution in [0.25, 0.3) is 10.8 Å². The summed E-state index contributed by atoms with van der Waals surface area (Å²) in [6.45, 7) is 1.83. The lowest BCUT2D eigenvalue weighted by Crippen LogP contribution is -2.08.